The Kier molecular flexibility index (Phi) is 1.84. The molecule has 0 bridgehead atoms. The summed E-state index contributed by atoms with van der Waals surface area (Å²) >= 11 is 0. The summed E-state index contributed by atoms with van der Waals surface area (Å²) in [5.74, 6) is 0.469. The molecule has 2 nitrogen and oxygen atoms in total. The third kappa shape index (κ3) is 1.20. The van der Waals surface area contributed by atoms with Gasteiger partial charge in [-0.2, -0.15) is 0 Å². The maximum Gasteiger partial charge on any atom is 0.126 e. The zero-order valence-corrected chi connectivity index (χ0v) is 8.20. The summed E-state index contributed by atoms with van der Waals surface area (Å²) in [4.78, 5) is 0. The number of benzene rings is 2. The zero-order chi connectivity index (χ0) is 10.3. The first-order chi connectivity index (χ1) is 6.59. The standard InChI is InChI=1S/C12H12O2/c1-7-3-4-9-10(5-7)11(13)6-8(2)12(9)14/h3-6,13-14H,1-2H3. The molecule has 2 rings (SSSR count). The fourth-order valence-electron chi connectivity index (χ4n) is 1.64. The SMILES string of the molecule is Cc1ccc2c(O)c(C)cc(O)c2c1. The first-order valence-corrected chi connectivity index (χ1v) is 4.51. The monoisotopic (exact) mass is 188 g/mol. The predicted octanol–water partition coefficient (Wildman–Crippen LogP) is 2.87. The van der Waals surface area contributed by atoms with E-state index in [2.05, 4.69) is 0 Å². The van der Waals surface area contributed by atoms with E-state index in [0.717, 1.165) is 5.56 Å². The largest absolute Gasteiger partial charge is 0.507 e. The molecule has 2 heteroatoms. The molecule has 14 heavy (non-hydrogen) atoms. The predicted molar refractivity (Wildman–Crippen MR) is 56.8 cm³/mol. The number of aromatic hydroxyl groups is 2. The van der Waals surface area contributed by atoms with Crippen molar-refractivity contribution in [3.63, 3.8) is 0 Å². The van der Waals surface area contributed by atoms with Crippen molar-refractivity contribution in [3.05, 3.63) is 35.4 Å². The van der Waals surface area contributed by atoms with Gasteiger partial charge in [0.1, 0.15) is 11.5 Å². The van der Waals surface area contributed by atoms with Gasteiger partial charge in [-0.1, -0.05) is 17.7 Å². The summed E-state index contributed by atoms with van der Waals surface area (Å²) in [6.45, 7) is 3.73. The lowest BCUT2D eigenvalue weighted by molar-refractivity contribution is 0.466. The van der Waals surface area contributed by atoms with Crippen LogP contribution in [0.4, 0.5) is 0 Å². The Labute approximate surface area is 82.4 Å². The van der Waals surface area contributed by atoms with Crippen LogP contribution in [0, 0.1) is 13.8 Å². The van der Waals surface area contributed by atoms with Crippen molar-refractivity contribution in [2.75, 3.05) is 0 Å². The maximum atomic E-state index is 9.76. The molecular formula is C12H12O2. The second-order valence-corrected chi connectivity index (χ2v) is 3.61. The van der Waals surface area contributed by atoms with Crippen molar-refractivity contribution in [1.29, 1.82) is 0 Å². The van der Waals surface area contributed by atoms with Gasteiger partial charge in [-0.15, -0.1) is 0 Å². The van der Waals surface area contributed by atoms with E-state index in [1.165, 1.54) is 0 Å². The average Bonchev–Trinajstić information content (AvgIpc) is 2.14. The van der Waals surface area contributed by atoms with Gasteiger partial charge in [-0.3, -0.25) is 0 Å². The van der Waals surface area contributed by atoms with Crippen LogP contribution in [-0.2, 0) is 0 Å². The van der Waals surface area contributed by atoms with Crippen LogP contribution in [0.15, 0.2) is 24.3 Å². The summed E-state index contributed by atoms with van der Waals surface area (Å²) < 4.78 is 0. The first kappa shape index (κ1) is 8.88. The van der Waals surface area contributed by atoms with Crippen LogP contribution < -0.4 is 0 Å². The highest BCUT2D eigenvalue weighted by Gasteiger charge is 2.07. The molecule has 0 amide bonds. The van der Waals surface area contributed by atoms with Crippen LogP contribution in [0.2, 0.25) is 0 Å². The lowest BCUT2D eigenvalue weighted by Crippen LogP contribution is -1.81. The van der Waals surface area contributed by atoms with Crippen molar-refractivity contribution < 1.29 is 10.2 Å². The molecule has 0 spiro atoms. The van der Waals surface area contributed by atoms with Gasteiger partial charge in [0, 0.05) is 10.8 Å². The molecular weight excluding hydrogens is 176 g/mol. The quantitative estimate of drug-likeness (QED) is 0.624. The molecule has 0 heterocycles. The van der Waals surface area contributed by atoms with Gasteiger partial charge in [0.25, 0.3) is 0 Å². The molecule has 2 aromatic carbocycles. The van der Waals surface area contributed by atoms with Crippen molar-refractivity contribution in [3.8, 4) is 11.5 Å². The molecule has 0 atom stereocenters. The van der Waals surface area contributed by atoms with Crippen LogP contribution in [-0.4, -0.2) is 10.2 Å². The molecule has 0 aliphatic rings. The van der Waals surface area contributed by atoms with E-state index in [9.17, 15) is 10.2 Å². The summed E-state index contributed by atoms with van der Waals surface area (Å²) in [5.41, 5.74) is 1.76. The van der Waals surface area contributed by atoms with Crippen molar-refractivity contribution in [2.45, 2.75) is 13.8 Å². The summed E-state index contributed by atoms with van der Waals surface area (Å²) in [5, 5.41) is 20.9. The Morgan fingerprint density at radius 3 is 2.36 bits per heavy atom. The van der Waals surface area contributed by atoms with E-state index in [1.807, 2.05) is 25.1 Å². The Morgan fingerprint density at radius 1 is 0.929 bits per heavy atom. The minimum atomic E-state index is 0.221. The molecule has 0 unspecified atom stereocenters. The molecule has 0 radical (unpaired) electrons. The first-order valence-electron chi connectivity index (χ1n) is 4.51. The second kappa shape index (κ2) is 2.91. The fraction of sp³-hybridized carbons (Fsp3) is 0.167. The third-order valence-electron chi connectivity index (χ3n) is 2.43. The van der Waals surface area contributed by atoms with Crippen LogP contribution in [0.1, 0.15) is 11.1 Å². The fourth-order valence-corrected chi connectivity index (χ4v) is 1.64. The van der Waals surface area contributed by atoms with Crippen molar-refractivity contribution in [1.82, 2.24) is 0 Å². The van der Waals surface area contributed by atoms with Crippen LogP contribution in [0.3, 0.4) is 0 Å². The van der Waals surface area contributed by atoms with Crippen LogP contribution in [0.25, 0.3) is 10.8 Å². The molecule has 0 fully saturated rings. The summed E-state index contributed by atoms with van der Waals surface area (Å²) in [7, 11) is 0. The Balaban J connectivity index is 2.94. The van der Waals surface area contributed by atoms with Gasteiger partial charge < -0.3 is 10.2 Å². The summed E-state index contributed by atoms with van der Waals surface area (Å²) in [6, 6.07) is 7.19. The Morgan fingerprint density at radius 2 is 1.64 bits per heavy atom. The Bertz CT molecular complexity index is 501. The smallest absolute Gasteiger partial charge is 0.126 e. The molecule has 2 N–H and O–H groups in total. The van der Waals surface area contributed by atoms with Gasteiger partial charge in [-0.05, 0) is 31.5 Å². The lowest BCUT2D eigenvalue weighted by atomic mass is 10.0. The molecule has 0 saturated carbocycles. The van der Waals surface area contributed by atoms with Crippen LogP contribution >= 0.6 is 0 Å². The van der Waals surface area contributed by atoms with E-state index in [0.29, 0.717) is 16.3 Å². The van der Waals surface area contributed by atoms with Crippen molar-refractivity contribution >= 4 is 10.8 Å². The highest BCUT2D eigenvalue weighted by molar-refractivity contribution is 5.94. The van der Waals surface area contributed by atoms with Gasteiger partial charge in [-0.25, -0.2) is 0 Å². The van der Waals surface area contributed by atoms with Gasteiger partial charge in [0.05, 0.1) is 0 Å². The van der Waals surface area contributed by atoms with E-state index in [4.69, 9.17) is 0 Å². The molecule has 0 aliphatic heterocycles. The number of hydrogen-bond acceptors (Lipinski definition) is 2. The van der Waals surface area contributed by atoms with E-state index < -0.39 is 0 Å². The van der Waals surface area contributed by atoms with Gasteiger partial charge in [0.15, 0.2) is 0 Å². The van der Waals surface area contributed by atoms with Crippen LogP contribution in [0.5, 0.6) is 11.5 Å². The zero-order valence-electron chi connectivity index (χ0n) is 8.20. The number of phenolic OH excluding ortho intramolecular Hbond substituents is 2. The minimum absolute atomic E-state index is 0.221. The number of aryl methyl sites for hydroxylation is 2. The molecule has 0 aliphatic carbocycles. The van der Waals surface area contributed by atoms with E-state index >= 15 is 0 Å². The third-order valence-corrected chi connectivity index (χ3v) is 2.43. The normalized spacial score (nSPS) is 10.7. The van der Waals surface area contributed by atoms with Gasteiger partial charge >= 0.3 is 0 Å². The van der Waals surface area contributed by atoms with Crippen molar-refractivity contribution in [2.24, 2.45) is 0 Å². The highest BCUT2D eigenvalue weighted by Crippen LogP contribution is 2.35. The number of phenols is 2. The topological polar surface area (TPSA) is 40.5 Å². The minimum Gasteiger partial charge on any atom is -0.507 e. The lowest BCUT2D eigenvalue weighted by Gasteiger charge is -2.07. The summed E-state index contributed by atoms with van der Waals surface area (Å²) in [6.07, 6.45) is 0. The number of hydrogen-bond donors (Lipinski definition) is 2. The molecule has 2 aromatic rings. The second-order valence-electron chi connectivity index (χ2n) is 3.61. The maximum absolute atomic E-state index is 9.76. The highest BCUT2D eigenvalue weighted by atomic mass is 16.3. The van der Waals surface area contributed by atoms with E-state index in [-0.39, 0.29) is 11.5 Å². The average molecular weight is 188 g/mol. The molecule has 0 saturated heterocycles. The van der Waals surface area contributed by atoms with E-state index in [1.54, 1.807) is 13.0 Å². The number of fused-ring (bicyclic) bond motifs is 1. The number of rotatable bonds is 0. The Hall–Kier alpha value is -1.70. The molecule has 0 aromatic heterocycles. The molecule has 72 valence electrons. The van der Waals surface area contributed by atoms with Gasteiger partial charge in [0.2, 0.25) is 0 Å².